The number of hydrogen-bond donors (Lipinski definition) is 0. The van der Waals surface area contributed by atoms with Gasteiger partial charge in [-0.15, -0.1) is 0 Å². The predicted octanol–water partition coefficient (Wildman–Crippen LogP) is 3.36. The molecular formula is C19H19N3O2S. The molecule has 25 heavy (non-hydrogen) atoms. The van der Waals surface area contributed by atoms with Crippen LogP contribution in [-0.4, -0.2) is 33.0 Å². The fraction of sp³-hybridized carbons (Fsp3) is 0.316. The van der Waals surface area contributed by atoms with Crippen molar-refractivity contribution in [3.8, 4) is 5.82 Å². The Kier molecular flexibility index (Phi) is 4.55. The van der Waals surface area contributed by atoms with Crippen LogP contribution in [0, 0.1) is 6.92 Å². The number of nitrogens with zero attached hydrogens (tertiary/aromatic N) is 3. The van der Waals surface area contributed by atoms with E-state index in [-0.39, 0.29) is 11.7 Å². The van der Waals surface area contributed by atoms with Crippen LogP contribution in [0.2, 0.25) is 0 Å². The largest absolute Gasteiger partial charge is 0.377 e. The zero-order valence-electron chi connectivity index (χ0n) is 14.0. The molecule has 0 N–H and O–H groups in total. The number of benzene rings is 1. The second-order valence-corrected chi connectivity index (χ2v) is 7.12. The van der Waals surface area contributed by atoms with Gasteiger partial charge in [0.15, 0.2) is 5.16 Å². The van der Waals surface area contributed by atoms with Crippen LogP contribution >= 0.6 is 11.8 Å². The number of pyridine rings is 1. The molecule has 0 radical (unpaired) electrons. The number of hydrogen-bond acceptors (Lipinski definition) is 5. The zero-order valence-corrected chi connectivity index (χ0v) is 14.8. The Hall–Kier alpha value is -2.18. The summed E-state index contributed by atoms with van der Waals surface area (Å²) in [5.41, 5.74) is 1.50. The molecule has 1 aliphatic heterocycles. The van der Waals surface area contributed by atoms with Gasteiger partial charge < -0.3 is 4.74 Å². The SMILES string of the molecule is Cc1cccc(-n2c(SC[C@H]3CCCO3)nc3ccccc3c2=O)n1. The van der Waals surface area contributed by atoms with E-state index in [0.29, 0.717) is 21.9 Å². The van der Waals surface area contributed by atoms with Crippen LogP contribution in [0.4, 0.5) is 0 Å². The van der Waals surface area contributed by atoms with Gasteiger partial charge in [0.25, 0.3) is 5.56 Å². The van der Waals surface area contributed by atoms with Crippen LogP contribution in [0.25, 0.3) is 16.7 Å². The third kappa shape index (κ3) is 3.32. The van der Waals surface area contributed by atoms with Crippen molar-refractivity contribution in [2.24, 2.45) is 0 Å². The number of aryl methyl sites for hydroxylation is 1. The lowest BCUT2D eigenvalue weighted by molar-refractivity contribution is 0.129. The molecule has 6 heteroatoms. The minimum Gasteiger partial charge on any atom is -0.377 e. The predicted molar refractivity (Wildman–Crippen MR) is 99.6 cm³/mol. The molecule has 0 amide bonds. The molecule has 1 fully saturated rings. The van der Waals surface area contributed by atoms with E-state index in [2.05, 4.69) is 4.98 Å². The van der Waals surface area contributed by atoms with Gasteiger partial charge in [-0.25, -0.2) is 14.5 Å². The minimum absolute atomic E-state index is 0.0847. The first-order chi connectivity index (χ1) is 12.2. The van der Waals surface area contributed by atoms with E-state index in [1.165, 1.54) is 0 Å². The van der Waals surface area contributed by atoms with E-state index in [1.807, 2.05) is 49.4 Å². The fourth-order valence-electron chi connectivity index (χ4n) is 3.01. The highest BCUT2D eigenvalue weighted by Crippen LogP contribution is 2.24. The summed E-state index contributed by atoms with van der Waals surface area (Å²) in [5.74, 6) is 1.40. The molecule has 0 aliphatic carbocycles. The van der Waals surface area contributed by atoms with Gasteiger partial charge >= 0.3 is 0 Å². The van der Waals surface area contributed by atoms with Gasteiger partial charge in [0.1, 0.15) is 5.82 Å². The first kappa shape index (κ1) is 16.3. The van der Waals surface area contributed by atoms with E-state index < -0.39 is 0 Å². The number of fused-ring (bicyclic) bond motifs is 1. The molecule has 3 heterocycles. The Morgan fingerprint density at radius 3 is 2.88 bits per heavy atom. The summed E-state index contributed by atoms with van der Waals surface area (Å²) >= 11 is 1.56. The molecule has 5 nitrogen and oxygen atoms in total. The van der Waals surface area contributed by atoms with Crippen LogP contribution in [0.3, 0.4) is 0 Å². The molecule has 0 unspecified atom stereocenters. The number of thioether (sulfide) groups is 1. The summed E-state index contributed by atoms with van der Waals surface area (Å²) in [6.07, 6.45) is 2.39. The molecule has 0 spiro atoms. The molecular weight excluding hydrogens is 334 g/mol. The van der Waals surface area contributed by atoms with Gasteiger partial charge in [0.2, 0.25) is 0 Å². The van der Waals surface area contributed by atoms with Crippen molar-refractivity contribution in [1.29, 1.82) is 0 Å². The normalized spacial score (nSPS) is 17.2. The molecule has 2 aromatic heterocycles. The smallest absolute Gasteiger partial charge is 0.267 e. The minimum atomic E-state index is -0.0847. The molecule has 3 aromatic rings. The van der Waals surface area contributed by atoms with E-state index in [0.717, 1.165) is 30.9 Å². The van der Waals surface area contributed by atoms with Crippen molar-refractivity contribution >= 4 is 22.7 Å². The molecule has 1 saturated heterocycles. The average Bonchev–Trinajstić information content (AvgIpc) is 3.13. The van der Waals surface area contributed by atoms with Gasteiger partial charge in [-0.05, 0) is 44.0 Å². The van der Waals surface area contributed by atoms with Crippen molar-refractivity contribution in [2.75, 3.05) is 12.4 Å². The standard InChI is InChI=1S/C19H19N3O2S/c1-13-6-4-10-17(20-13)22-18(23)15-8-2-3-9-16(15)21-19(22)25-12-14-7-5-11-24-14/h2-4,6,8-10,14H,5,7,11-12H2,1H3/t14-/m1/s1. The number of para-hydroxylation sites is 1. The van der Waals surface area contributed by atoms with Gasteiger partial charge in [0.05, 0.1) is 17.0 Å². The molecule has 1 aliphatic rings. The van der Waals surface area contributed by atoms with Crippen LogP contribution in [0.5, 0.6) is 0 Å². The monoisotopic (exact) mass is 353 g/mol. The lowest BCUT2D eigenvalue weighted by atomic mass is 10.2. The lowest BCUT2D eigenvalue weighted by Gasteiger charge is -2.14. The average molecular weight is 353 g/mol. The highest BCUT2D eigenvalue weighted by atomic mass is 32.2. The maximum absolute atomic E-state index is 13.1. The summed E-state index contributed by atoms with van der Waals surface area (Å²) in [5, 5.41) is 1.27. The second kappa shape index (κ2) is 6.98. The molecule has 128 valence electrons. The van der Waals surface area contributed by atoms with E-state index in [9.17, 15) is 4.79 Å². The van der Waals surface area contributed by atoms with Crippen LogP contribution in [0.1, 0.15) is 18.5 Å². The summed E-state index contributed by atoms with van der Waals surface area (Å²) in [6.45, 7) is 2.74. The van der Waals surface area contributed by atoms with Crippen LogP contribution in [0.15, 0.2) is 52.4 Å². The fourth-order valence-corrected chi connectivity index (χ4v) is 4.07. The van der Waals surface area contributed by atoms with Crippen LogP contribution < -0.4 is 5.56 Å². The summed E-state index contributed by atoms with van der Waals surface area (Å²) in [4.78, 5) is 22.4. The first-order valence-electron chi connectivity index (χ1n) is 8.42. The lowest BCUT2D eigenvalue weighted by Crippen LogP contribution is -2.23. The maximum atomic E-state index is 13.1. The quantitative estimate of drug-likeness (QED) is 0.532. The third-order valence-corrected chi connectivity index (χ3v) is 5.34. The van der Waals surface area contributed by atoms with E-state index in [1.54, 1.807) is 16.3 Å². The summed E-state index contributed by atoms with van der Waals surface area (Å²) < 4.78 is 7.33. The summed E-state index contributed by atoms with van der Waals surface area (Å²) in [7, 11) is 0. The molecule has 1 aromatic carbocycles. The number of aromatic nitrogens is 3. The van der Waals surface area contributed by atoms with Crippen molar-refractivity contribution < 1.29 is 4.74 Å². The number of ether oxygens (including phenoxy) is 1. The van der Waals surface area contributed by atoms with Crippen molar-refractivity contribution in [3.63, 3.8) is 0 Å². The van der Waals surface area contributed by atoms with E-state index >= 15 is 0 Å². The van der Waals surface area contributed by atoms with Crippen LogP contribution in [-0.2, 0) is 4.74 Å². The van der Waals surface area contributed by atoms with Crippen molar-refractivity contribution in [3.05, 3.63) is 58.5 Å². The Bertz CT molecular complexity index is 964. The third-order valence-electron chi connectivity index (χ3n) is 4.27. The Morgan fingerprint density at radius 1 is 1.20 bits per heavy atom. The first-order valence-corrected chi connectivity index (χ1v) is 9.41. The van der Waals surface area contributed by atoms with Crippen molar-refractivity contribution in [2.45, 2.75) is 31.0 Å². The highest BCUT2D eigenvalue weighted by Gasteiger charge is 2.19. The van der Waals surface area contributed by atoms with E-state index in [4.69, 9.17) is 9.72 Å². The maximum Gasteiger partial charge on any atom is 0.267 e. The summed E-state index contributed by atoms with van der Waals surface area (Å²) in [6, 6.07) is 13.1. The second-order valence-electron chi connectivity index (χ2n) is 6.14. The molecule has 0 saturated carbocycles. The molecule has 1 atom stereocenters. The molecule has 0 bridgehead atoms. The zero-order chi connectivity index (χ0) is 17.2. The highest BCUT2D eigenvalue weighted by molar-refractivity contribution is 7.99. The van der Waals surface area contributed by atoms with Crippen molar-refractivity contribution in [1.82, 2.24) is 14.5 Å². The Labute approximate surface area is 150 Å². The Morgan fingerprint density at radius 2 is 2.08 bits per heavy atom. The Balaban J connectivity index is 1.83. The van der Waals surface area contributed by atoms with Gasteiger partial charge in [-0.1, -0.05) is 30.0 Å². The number of rotatable bonds is 4. The van der Waals surface area contributed by atoms with Gasteiger partial charge in [-0.2, -0.15) is 0 Å². The topological polar surface area (TPSA) is 57.0 Å². The molecule has 4 rings (SSSR count). The van der Waals surface area contributed by atoms with Gasteiger partial charge in [0, 0.05) is 18.1 Å². The van der Waals surface area contributed by atoms with Gasteiger partial charge in [-0.3, -0.25) is 4.79 Å².